The number of nitrogens with one attached hydrogen (secondary N) is 4. The van der Waals surface area contributed by atoms with Crippen molar-refractivity contribution in [2.45, 2.75) is 59.0 Å². The van der Waals surface area contributed by atoms with Crippen molar-refractivity contribution in [3.63, 3.8) is 0 Å². The highest BCUT2D eigenvalue weighted by Gasteiger charge is 2.41. The van der Waals surface area contributed by atoms with Gasteiger partial charge in [-0.05, 0) is 19.3 Å². The topological polar surface area (TPSA) is 238 Å². The van der Waals surface area contributed by atoms with Crippen LogP contribution >= 0.6 is 0 Å². The molecule has 0 aromatic rings. The van der Waals surface area contributed by atoms with Crippen LogP contribution in [0.1, 0.15) is 52.9 Å². The molecule has 2 saturated heterocycles. The summed E-state index contributed by atoms with van der Waals surface area (Å²) in [5, 5.41) is 18.8. The molecule has 0 saturated carbocycles. The van der Waals surface area contributed by atoms with Crippen molar-refractivity contribution >= 4 is 53.7 Å². The molecule has 8 amide bonds. The highest BCUT2D eigenvalue weighted by Crippen LogP contribution is 2.26. The molecule has 2 atom stereocenters. The number of carbonyl (C=O) groups excluding carboxylic acids is 9. The molecule has 42 heavy (non-hydrogen) atoms. The molecule has 0 bridgehead atoms. The van der Waals surface area contributed by atoms with Crippen LogP contribution in [0.15, 0.2) is 0 Å². The average molecular weight is 599 g/mol. The highest BCUT2D eigenvalue weighted by atomic mass is 16.7. The number of imide groups is 2. The second-order valence-corrected chi connectivity index (χ2v) is 9.58. The molecular formula is C25H38N6O11. The third kappa shape index (κ3) is 12.0. The fourth-order valence-electron chi connectivity index (χ4n) is 3.73. The predicted octanol–water partition coefficient (Wildman–Crippen LogP) is -3.13. The van der Waals surface area contributed by atoms with Gasteiger partial charge in [-0.3, -0.25) is 43.3 Å². The van der Waals surface area contributed by atoms with Crippen LogP contribution in [0.4, 0.5) is 0 Å². The lowest BCUT2D eigenvalue weighted by molar-refractivity contribution is -0.198. The van der Waals surface area contributed by atoms with Gasteiger partial charge in [-0.1, -0.05) is 18.9 Å². The van der Waals surface area contributed by atoms with Crippen LogP contribution in [0.25, 0.3) is 0 Å². The second kappa shape index (κ2) is 18.1. The van der Waals surface area contributed by atoms with Crippen molar-refractivity contribution in [3.05, 3.63) is 0 Å². The summed E-state index contributed by atoms with van der Waals surface area (Å²) in [7, 11) is 0. The molecule has 0 aromatic carbocycles. The van der Waals surface area contributed by atoms with Crippen molar-refractivity contribution < 1.29 is 53.1 Å². The molecule has 234 valence electrons. The Morgan fingerprint density at radius 1 is 0.929 bits per heavy atom. The number of nitrogens with zero attached hydrogens (tertiary/aromatic N) is 2. The Morgan fingerprint density at radius 2 is 1.60 bits per heavy atom. The number of hydroxylamine groups is 2. The van der Waals surface area contributed by atoms with Crippen LogP contribution in [0.2, 0.25) is 0 Å². The molecule has 17 nitrogen and oxygen atoms in total. The van der Waals surface area contributed by atoms with E-state index < -0.39 is 36.2 Å². The molecular weight excluding hydrogens is 560 g/mol. The molecule has 17 heteroatoms. The zero-order valence-corrected chi connectivity index (χ0v) is 23.8. The van der Waals surface area contributed by atoms with Crippen molar-refractivity contribution in [1.29, 1.82) is 0 Å². The maximum atomic E-state index is 12.1. The highest BCUT2D eigenvalue weighted by molar-refractivity contribution is 6.04. The van der Waals surface area contributed by atoms with Gasteiger partial charge in [0.2, 0.25) is 35.9 Å². The molecule has 2 rings (SSSR count). The van der Waals surface area contributed by atoms with Gasteiger partial charge in [0.05, 0.1) is 25.9 Å². The van der Waals surface area contributed by atoms with E-state index in [4.69, 9.17) is 5.11 Å². The van der Waals surface area contributed by atoms with Gasteiger partial charge in [0.1, 0.15) is 6.10 Å². The number of aliphatic hydroxyl groups is 1. The second-order valence-electron chi connectivity index (χ2n) is 9.58. The van der Waals surface area contributed by atoms with Crippen LogP contribution < -0.4 is 21.3 Å². The molecule has 0 aromatic heterocycles. The summed E-state index contributed by atoms with van der Waals surface area (Å²) in [5.74, 6) is -4.11. The van der Waals surface area contributed by atoms with E-state index in [1.807, 2.05) is 13.8 Å². The van der Waals surface area contributed by atoms with Crippen LogP contribution in [-0.4, -0.2) is 108 Å². The molecule has 2 fully saturated rings. The first-order chi connectivity index (χ1) is 19.8. The monoisotopic (exact) mass is 598 g/mol. The fraction of sp³-hybridized carbons (Fsp3) is 0.640. The van der Waals surface area contributed by atoms with Gasteiger partial charge in [0.15, 0.2) is 0 Å². The van der Waals surface area contributed by atoms with Gasteiger partial charge >= 0.3 is 5.97 Å². The minimum absolute atomic E-state index is 0.0519. The molecule has 2 aliphatic heterocycles. The Balaban J connectivity index is 0.000000422. The van der Waals surface area contributed by atoms with Crippen molar-refractivity contribution in [1.82, 2.24) is 31.2 Å². The van der Waals surface area contributed by atoms with E-state index >= 15 is 0 Å². The minimum atomic E-state index is -1.50. The van der Waals surface area contributed by atoms with Crippen LogP contribution in [0, 0.1) is 11.8 Å². The first kappa shape index (κ1) is 35.6. The third-order valence-electron chi connectivity index (χ3n) is 5.96. The lowest BCUT2D eigenvalue weighted by Crippen LogP contribution is -2.37. The lowest BCUT2D eigenvalue weighted by atomic mass is 9.94. The van der Waals surface area contributed by atoms with E-state index in [-0.39, 0.29) is 86.0 Å². The number of hydrogen-bond acceptors (Lipinski definition) is 11. The first-order valence-corrected chi connectivity index (χ1v) is 13.4. The lowest BCUT2D eigenvalue weighted by Gasteiger charge is -2.16. The summed E-state index contributed by atoms with van der Waals surface area (Å²) in [6.07, 6.45) is -1.000. The first-order valence-electron chi connectivity index (χ1n) is 13.4. The maximum Gasteiger partial charge on any atom is 0.334 e. The van der Waals surface area contributed by atoms with Crippen molar-refractivity contribution in [2.24, 2.45) is 11.8 Å². The third-order valence-corrected chi connectivity index (χ3v) is 5.96. The van der Waals surface area contributed by atoms with Crippen LogP contribution in [0.5, 0.6) is 0 Å². The van der Waals surface area contributed by atoms with Gasteiger partial charge in [0, 0.05) is 38.4 Å². The van der Waals surface area contributed by atoms with E-state index in [0.717, 1.165) is 0 Å². The smallest absolute Gasteiger partial charge is 0.334 e. The van der Waals surface area contributed by atoms with Gasteiger partial charge in [0.25, 0.3) is 11.8 Å². The summed E-state index contributed by atoms with van der Waals surface area (Å²) in [6, 6.07) is 0. The number of hydrogen-bond donors (Lipinski definition) is 5. The SMILES string of the molecule is CCNC(=O)CNC(=O)CCCN1C(=O)CC(C(C)C)C1=O.O=CNCC(=O)NCCC(=O)ON1C(=O)CC(O)C1=O. The molecule has 0 spiro atoms. The summed E-state index contributed by atoms with van der Waals surface area (Å²) < 4.78 is 0. The Labute approximate surface area is 242 Å². The fourth-order valence-corrected chi connectivity index (χ4v) is 3.73. The van der Waals surface area contributed by atoms with E-state index in [0.29, 0.717) is 19.4 Å². The summed E-state index contributed by atoms with van der Waals surface area (Å²) >= 11 is 0. The molecule has 2 unspecified atom stereocenters. The quantitative estimate of drug-likeness (QED) is 0.0933. The Hall–Kier alpha value is -4.41. The van der Waals surface area contributed by atoms with E-state index in [1.165, 1.54) is 4.90 Å². The predicted molar refractivity (Wildman–Crippen MR) is 141 cm³/mol. The van der Waals surface area contributed by atoms with Gasteiger partial charge in [-0.25, -0.2) is 4.79 Å². The van der Waals surface area contributed by atoms with E-state index in [2.05, 4.69) is 26.1 Å². The summed E-state index contributed by atoms with van der Waals surface area (Å²) in [5.41, 5.74) is 0. The number of aliphatic hydroxyl groups excluding tert-OH is 1. The Morgan fingerprint density at radius 3 is 2.14 bits per heavy atom. The summed E-state index contributed by atoms with van der Waals surface area (Å²) in [4.78, 5) is 107. The number of likely N-dealkylation sites (tertiary alicyclic amines) is 1. The standard InChI is InChI=1S/C15H25N3O4.C10H13N3O7/c1-4-16-13(20)9-17-12(19)6-5-7-18-14(21)8-11(10(2)3)15(18)22;14-5-11-4-7(16)12-2-1-9(18)20-13-8(17)3-6(15)10(13)19/h10-11H,4-9H2,1-3H3,(H,16,20)(H,17,19);5-6,15H,1-4H2,(H,11,14)(H,12,16). The van der Waals surface area contributed by atoms with Crippen LogP contribution in [-0.2, 0) is 48.0 Å². The molecule has 5 N–H and O–H groups in total. The van der Waals surface area contributed by atoms with Crippen molar-refractivity contribution in [3.8, 4) is 0 Å². The van der Waals surface area contributed by atoms with Gasteiger partial charge < -0.3 is 31.2 Å². The number of amides is 8. The zero-order chi connectivity index (χ0) is 31.8. The van der Waals surface area contributed by atoms with Crippen molar-refractivity contribution in [2.75, 3.05) is 32.7 Å². The number of likely N-dealkylation sites (N-methyl/N-ethyl adjacent to an activating group) is 1. The van der Waals surface area contributed by atoms with E-state index in [9.17, 15) is 43.2 Å². The number of carbonyl (C=O) groups is 9. The molecule has 2 aliphatic rings. The molecule has 0 aliphatic carbocycles. The summed E-state index contributed by atoms with van der Waals surface area (Å²) in [6.45, 7) is 6.06. The normalized spacial score (nSPS) is 17.9. The van der Waals surface area contributed by atoms with Gasteiger partial charge in [-0.2, -0.15) is 0 Å². The largest absolute Gasteiger partial charge is 0.383 e. The van der Waals surface area contributed by atoms with Crippen LogP contribution in [0.3, 0.4) is 0 Å². The van der Waals surface area contributed by atoms with Gasteiger partial charge in [-0.15, -0.1) is 0 Å². The van der Waals surface area contributed by atoms with E-state index in [1.54, 1.807) is 6.92 Å². The maximum absolute atomic E-state index is 12.1. The average Bonchev–Trinajstić information content (AvgIpc) is 3.35. The number of rotatable bonds is 15. The minimum Gasteiger partial charge on any atom is -0.383 e. The molecule has 0 radical (unpaired) electrons. The Bertz CT molecular complexity index is 1050. The Kier molecular flexibility index (Phi) is 15.4. The zero-order valence-electron chi connectivity index (χ0n) is 23.8. The molecule has 2 heterocycles.